The van der Waals surface area contributed by atoms with Crippen LogP contribution in [-0.4, -0.2) is 21.9 Å². The van der Waals surface area contributed by atoms with Gasteiger partial charge in [-0.15, -0.1) is 0 Å². The monoisotopic (exact) mass is 299 g/mol. The number of aryl methyl sites for hydroxylation is 1. The van der Waals surface area contributed by atoms with Crippen LogP contribution in [0.25, 0.3) is 10.9 Å². The van der Waals surface area contributed by atoms with Crippen LogP contribution in [0.3, 0.4) is 0 Å². The SMILES string of the molecule is Cc1ccc(Nc2ncnc3cc(OCO)ccc23)c(F)c1. The molecule has 0 unspecified atom stereocenters. The number of benzene rings is 2. The summed E-state index contributed by atoms with van der Waals surface area (Å²) >= 11 is 0. The molecule has 0 aliphatic carbocycles. The van der Waals surface area contributed by atoms with E-state index >= 15 is 0 Å². The molecule has 5 nitrogen and oxygen atoms in total. The van der Waals surface area contributed by atoms with E-state index in [1.54, 1.807) is 24.3 Å². The minimum Gasteiger partial charge on any atom is -0.468 e. The Morgan fingerprint density at radius 2 is 2.05 bits per heavy atom. The summed E-state index contributed by atoms with van der Waals surface area (Å²) in [6.07, 6.45) is 1.39. The average Bonchev–Trinajstić information content (AvgIpc) is 2.50. The maximum Gasteiger partial charge on any atom is 0.186 e. The van der Waals surface area contributed by atoms with Crippen LogP contribution in [-0.2, 0) is 0 Å². The van der Waals surface area contributed by atoms with Gasteiger partial charge in [-0.1, -0.05) is 6.07 Å². The number of hydrogen-bond acceptors (Lipinski definition) is 5. The molecule has 3 rings (SSSR count). The smallest absolute Gasteiger partial charge is 0.186 e. The molecule has 0 fully saturated rings. The number of nitrogens with zero attached hydrogens (tertiary/aromatic N) is 2. The number of hydrogen-bond donors (Lipinski definition) is 2. The Kier molecular flexibility index (Phi) is 3.84. The van der Waals surface area contributed by atoms with Gasteiger partial charge in [0.05, 0.1) is 11.2 Å². The molecule has 1 aromatic heterocycles. The zero-order chi connectivity index (χ0) is 15.5. The number of ether oxygens (including phenoxy) is 1. The molecule has 0 amide bonds. The summed E-state index contributed by atoms with van der Waals surface area (Å²) in [6, 6.07) is 10.1. The summed E-state index contributed by atoms with van der Waals surface area (Å²) in [5.74, 6) is 0.663. The molecular formula is C16H14FN3O2. The van der Waals surface area contributed by atoms with Crippen LogP contribution in [0.15, 0.2) is 42.7 Å². The number of rotatable bonds is 4. The normalized spacial score (nSPS) is 10.7. The highest BCUT2D eigenvalue weighted by Crippen LogP contribution is 2.27. The minimum atomic E-state index is -0.406. The van der Waals surface area contributed by atoms with E-state index in [9.17, 15) is 4.39 Å². The molecule has 2 aromatic carbocycles. The van der Waals surface area contributed by atoms with Crippen molar-refractivity contribution >= 4 is 22.4 Å². The van der Waals surface area contributed by atoms with Gasteiger partial charge in [0.15, 0.2) is 6.79 Å². The van der Waals surface area contributed by atoms with Crippen LogP contribution < -0.4 is 10.1 Å². The Hall–Kier alpha value is -2.73. The van der Waals surface area contributed by atoms with Crippen molar-refractivity contribution in [3.8, 4) is 5.75 Å². The molecular weight excluding hydrogens is 285 g/mol. The molecule has 0 saturated carbocycles. The molecule has 6 heteroatoms. The average molecular weight is 299 g/mol. The van der Waals surface area contributed by atoms with Crippen molar-refractivity contribution in [1.82, 2.24) is 9.97 Å². The lowest BCUT2D eigenvalue weighted by molar-refractivity contribution is 0.0987. The first-order valence-electron chi connectivity index (χ1n) is 6.69. The second-order valence-electron chi connectivity index (χ2n) is 4.78. The summed E-state index contributed by atoms with van der Waals surface area (Å²) in [6.45, 7) is 1.42. The summed E-state index contributed by atoms with van der Waals surface area (Å²) < 4.78 is 19.0. The van der Waals surface area contributed by atoms with Gasteiger partial charge >= 0.3 is 0 Å². The molecule has 0 aliphatic heterocycles. The van der Waals surface area contributed by atoms with Crippen molar-refractivity contribution in [2.45, 2.75) is 6.92 Å². The highest BCUT2D eigenvalue weighted by Gasteiger charge is 2.08. The van der Waals surface area contributed by atoms with Crippen molar-refractivity contribution in [1.29, 1.82) is 0 Å². The topological polar surface area (TPSA) is 67.3 Å². The number of fused-ring (bicyclic) bond motifs is 1. The summed E-state index contributed by atoms with van der Waals surface area (Å²) in [5.41, 5.74) is 1.83. The highest BCUT2D eigenvalue weighted by atomic mass is 19.1. The van der Waals surface area contributed by atoms with E-state index in [0.29, 0.717) is 22.8 Å². The van der Waals surface area contributed by atoms with Gasteiger partial charge in [0.2, 0.25) is 0 Å². The lowest BCUT2D eigenvalue weighted by Crippen LogP contribution is -1.99. The van der Waals surface area contributed by atoms with Crippen LogP contribution in [0, 0.1) is 12.7 Å². The fraction of sp³-hybridized carbons (Fsp3) is 0.125. The molecule has 112 valence electrons. The fourth-order valence-corrected chi connectivity index (χ4v) is 2.15. The predicted octanol–water partition coefficient (Wildman–Crippen LogP) is 3.15. The predicted molar refractivity (Wildman–Crippen MR) is 81.7 cm³/mol. The maximum atomic E-state index is 13.9. The Morgan fingerprint density at radius 1 is 1.18 bits per heavy atom. The molecule has 0 aliphatic rings. The Labute approximate surface area is 126 Å². The number of halogens is 1. The van der Waals surface area contributed by atoms with Crippen molar-refractivity contribution in [2.75, 3.05) is 12.1 Å². The van der Waals surface area contributed by atoms with Gasteiger partial charge in [-0.25, -0.2) is 14.4 Å². The molecule has 3 aromatic rings. The second kappa shape index (κ2) is 5.95. The van der Waals surface area contributed by atoms with E-state index in [2.05, 4.69) is 15.3 Å². The first kappa shape index (κ1) is 14.2. The molecule has 0 atom stereocenters. The molecule has 1 heterocycles. The molecule has 22 heavy (non-hydrogen) atoms. The number of aliphatic hydroxyl groups is 1. The van der Waals surface area contributed by atoms with Gasteiger partial charge < -0.3 is 15.2 Å². The standard InChI is InChI=1S/C16H14FN3O2/c1-10-2-5-14(13(17)6-10)20-16-12-4-3-11(22-9-21)7-15(12)18-8-19-16/h2-8,21H,9H2,1H3,(H,18,19,20). The number of anilines is 2. The van der Waals surface area contributed by atoms with Crippen molar-refractivity contribution in [3.05, 3.63) is 54.1 Å². The first-order chi connectivity index (χ1) is 10.7. The van der Waals surface area contributed by atoms with E-state index < -0.39 is 6.79 Å². The molecule has 0 spiro atoms. The lowest BCUT2D eigenvalue weighted by atomic mass is 10.2. The summed E-state index contributed by atoms with van der Waals surface area (Å²) in [7, 11) is 0. The van der Waals surface area contributed by atoms with E-state index in [4.69, 9.17) is 9.84 Å². The Balaban J connectivity index is 2.00. The van der Waals surface area contributed by atoms with Gasteiger partial charge in [0.25, 0.3) is 0 Å². The fourth-order valence-electron chi connectivity index (χ4n) is 2.15. The summed E-state index contributed by atoms with van der Waals surface area (Å²) in [5, 5.41) is 12.5. The minimum absolute atomic E-state index is 0.341. The van der Waals surface area contributed by atoms with Crippen LogP contribution >= 0.6 is 0 Å². The number of aromatic nitrogens is 2. The third-order valence-electron chi connectivity index (χ3n) is 3.22. The van der Waals surface area contributed by atoms with Gasteiger partial charge in [-0.3, -0.25) is 0 Å². The Bertz CT molecular complexity index is 824. The van der Waals surface area contributed by atoms with Gasteiger partial charge in [-0.2, -0.15) is 0 Å². The van der Waals surface area contributed by atoms with Gasteiger partial charge in [0.1, 0.15) is 23.7 Å². The third kappa shape index (κ3) is 2.82. The quantitative estimate of drug-likeness (QED) is 0.724. The molecule has 2 N–H and O–H groups in total. The largest absolute Gasteiger partial charge is 0.468 e. The van der Waals surface area contributed by atoms with Gasteiger partial charge in [0, 0.05) is 11.5 Å². The van der Waals surface area contributed by atoms with Crippen molar-refractivity contribution < 1.29 is 14.2 Å². The van der Waals surface area contributed by atoms with E-state index in [-0.39, 0.29) is 5.82 Å². The van der Waals surface area contributed by atoms with E-state index in [0.717, 1.165) is 10.9 Å². The Morgan fingerprint density at radius 3 is 2.82 bits per heavy atom. The number of aliphatic hydroxyl groups excluding tert-OH is 1. The maximum absolute atomic E-state index is 13.9. The van der Waals surface area contributed by atoms with Crippen LogP contribution in [0.2, 0.25) is 0 Å². The number of nitrogens with one attached hydrogen (secondary N) is 1. The zero-order valence-electron chi connectivity index (χ0n) is 11.9. The van der Waals surface area contributed by atoms with Crippen LogP contribution in [0.4, 0.5) is 15.9 Å². The van der Waals surface area contributed by atoms with E-state index in [1.165, 1.54) is 12.4 Å². The molecule has 0 radical (unpaired) electrons. The highest BCUT2D eigenvalue weighted by molar-refractivity contribution is 5.91. The summed E-state index contributed by atoms with van der Waals surface area (Å²) in [4.78, 5) is 8.32. The lowest BCUT2D eigenvalue weighted by Gasteiger charge is -2.10. The van der Waals surface area contributed by atoms with Crippen LogP contribution in [0.5, 0.6) is 5.75 Å². The molecule has 0 bridgehead atoms. The molecule has 0 saturated heterocycles. The van der Waals surface area contributed by atoms with E-state index in [1.807, 2.05) is 13.0 Å². The van der Waals surface area contributed by atoms with Gasteiger partial charge in [-0.05, 0) is 36.8 Å². The first-order valence-corrected chi connectivity index (χ1v) is 6.69. The zero-order valence-corrected chi connectivity index (χ0v) is 11.9. The second-order valence-corrected chi connectivity index (χ2v) is 4.78. The van der Waals surface area contributed by atoms with Crippen LogP contribution in [0.1, 0.15) is 5.56 Å². The van der Waals surface area contributed by atoms with Crippen molar-refractivity contribution in [3.63, 3.8) is 0 Å². The van der Waals surface area contributed by atoms with Crippen molar-refractivity contribution in [2.24, 2.45) is 0 Å². The third-order valence-corrected chi connectivity index (χ3v) is 3.22.